The van der Waals surface area contributed by atoms with Gasteiger partial charge in [-0.1, -0.05) is 17.3 Å². The Hall–Kier alpha value is -4.25. The van der Waals surface area contributed by atoms with Crippen LogP contribution in [0.15, 0.2) is 61.1 Å². The Morgan fingerprint density at radius 2 is 1.92 bits per heavy atom. The van der Waals surface area contributed by atoms with Crippen LogP contribution < -0.4 is 5.32 Å². The summed E-state index contributed by atoms with van der Waals surface area (Å²) in [6.45, 7) is 1.32. The third kappa shape index (κ3) is 4.07. The molecule has 6 rings (SSSR count). The fourth-order valence-electron chi connectivity index (χ4n) is 4.87. The van der Waals surface area contributed by atoms with Crippen molar-refractivity contribution in [2.24, 2.45) is 7.05 Å². The molecule has 1 N–H and O–H groups in total. The first-order chi connectivity index (χ1) is 17.4. The Morgan fingerprint density at radius 1 is 1.03 bits per heavy atom. The van der Waals surface area contributed by atoms with Crippen LogP contribution >= 0.6 is 0 Å². The molecule has 1 aliphatic rings. The monoisotopic (exact) mass is 487 g/mol. The van der Waals surface area contributed by atoms with Gasteiger partial charge >= 0.3 is 0 Å². The normalized spacial score (nSPS) is 18.2. The average molecular weight is 488 g/mol. The van der Waals surface area contributed by atoms with Gasteiger partial charge in [-0.25, -0.2) is 23.4 Å². The topological polar surface area (TPSA) is 89.6 Å². The second-order valence-electron chi connectivity index (χ2n) is 9.09. The summed E-state index contributed by atoms with van der Waals surface area (Å²) in [6.07, 6.45) is 5.23. The van der Waals surface area contributed by atoms with Gasteiger partial charge in [-0.15, -0.1) is 5.10 Å². The Balaban J connectivity index is 1.31. The maximum Gasteiger partial charge on any atom is 0.227 e. The van der Waals surface area contributed by atoms with Gasteiger partial charge in [-0.05, 0) is 36.9 Å². The lowest BCUT2D eigenvalue weighted by atomic mass is 9.93. The SMILES string of the molecule is CN1C[C@@H](n2nnc3cc(-c4ccnc(Nc5cnn(C)c5)n4)ccc32)[C@H](c2ccc(F)cc2F)C1. The number of halogens is 2. The minimum Gasteiger partial charge on any atom is -0.321 e. The van der Waals surface area contributed by atoms with E-state index in [1.165, 1.54) is 12.1 Å². The van der Waals surface area contributed by atoms with E-state index in [0.717, 1.165) is 28.5 Å². The maximum absolute atomic E-state index is 14.6. The van der Waals surface area contributed by atoms with Crippen LogP contribution in [0.25, 0.3) is 22.3 Å². The van der Waals surface area contributed by atoms with E-state index in [1.54, 1.807) is 17.1 Å². The number of nitrogens with zero attached hydrogens (tertiary/aromatic N) is 8. The molecule has 0 unspecified atom stereocenters. The summed E-state index contributed by atoms with van der Waals surface area (Å²) in [4.78, 5) is 11.0. The van der Waals surface area contributed by atoms with E-state index >= 15 is 0 Å². The van der Waals surface area contributed by atoms with Crippen molar-refractivity contribution in [3.05, 3.63) is 78.3 Å². The molecule has 0 aliphatic carbocycles. The van der Waals surface area contributed by atoms with E-state index < -0.39 is 11.6 Å². The number of hydrogen-bond acceptors (Lipinski definition) is 7. The average Bonchev–Trinajstić information content (AvgIpc) is 3.57. The number of aryl methyl sites for hydroxylation is 1. The van der Waals surface area contributed by atoms with Gasteiger partial charge in [0.2, 0.25) is 5.95 Å². The lowest BCUT2D eigenvalue weighted by Gasteiger charge is -2.20. The highest BCUT2D eigenvalue weighted by atomic mass is 19.1. The largest absolute Gasteiger partial charge is 0.321 e. The second kappa shape index (κ2) is 8.76. The van der Waals surface area contributed by atoms with Gasteiger partial charge in [-0.2, -0.15) is 5.10 Å². The maximum atomic E-state index is 14.6. The van der Waals surface area contributed by atoms with Gasteiger partial charge in [0.1, 0.15) is 17.2 Å². The van der Waals surface area contributed by atoms with Crippen molar-refractivity contribution >= 4 is 22.7 Å². The highest BCUT2D eigenvalue weighted by Gasteiger charge is 2.36. The number of nitrogens with one attached hydrogen (secondary N) is 1. The summed E-state index contributed by atoms with van der Waals surface area (Å²) < 4.78 is 31.7. The number of likely N-dealkylation sites (tertiary alicyclic amines) is 1. The smallest absolute Gasteiger partial charge is 0.227 e. The number of fused-ring (bicyclic) bond motifs is 1. The lowest BCUT2D eigenvalue weighted by molar-refractivity contribution is 0.382. The van der Waals surface area contributed by atoms with E-state index in [0.29, 0.717) is 30.1 Å². The predicted molar refractivity (Wildman–Crippen MR) is 131 cm³/mol. The summed E-state index contributed by atoms with van der Waals surface area (Å²) in [6, 6.07) is 11.3. The molecule has 5 aromatic rings. The zero-order chi connectivity index (χ0) is 24.8. The molecule has 4 heterocycles. The van der Waals surface area contributed by atoms with Gasteiger partial charge in [0.15, 0.2) is 0 Å². The van der Waals surface area contributed by atoms with Gasteiger partial charge in [0.05, 0.1) is 29.1 Å². The molecule has 3 aromatic heterocycles. The molecule has 0 radical (unpaired) electrons. The number of benzene rings is 2. The van der Waals surface area contributed by atoms with Crippen LogP contribution in [0.5, 0.6) is 0 Å². The van der Waals surface area contributed by atoms with Crippen molar-refractivity contribution < 1.29 is 8.78 Å². The Bertz CT molecular complexity index is 1560. The van der Waals surface area contributed by atoms with Crippen LogP contribution in [0, 0.1) is 11.6 Å². The first-order valence-corrected chi connectivity index (χ1v) is 11.5. The van der Waals surface area contributed by atoms with E-state index in [-0.39, 0.29) is 12.0 Å². The molecule has 2 atom stereocenters. The van der Waals surface area contributed by atoms with Crippen LogP contribution in [0.1, 0.15) is 17.5 Å². The molecular weight excluding hydrogens is 464 g/mol. The molecule has 0 spiro atoms. The molecule has 2 aromatic carbocycles. The molecule has 0 bridgehead atoms. The molecule has 1 saturated heterocycles. The van der Waals surface area contributed by atoms with E-state index in [9.17, 15) is 8.78 Å². The molecule has 1 fully saturated rings. The number of likely N-dealkylation sites (N-methyl/N-ethyl adjacent to an activating group) is 1. The third-order valence-electron chi connectivity index (χ3n) is 6.53. The summed E-state index contributed by atoms with van der Waals surface area (Å²) in [7, 11) is 3.82. The van der Waals surface area contributed by atoms with Crippen molar-refractivity contribution in [3.8, 4) is 11.3 Å². The molecule has 0 amide bonds. The molecule has 1 aliphatic heterocycles. The number of rotatable bonds is 5. The van der Waals surface area contributed by atoms with E-state index in [2.05, 4.69) is 35.6 Å². The van der Waals surface area contributed by atoms with Crippen LogP contribution in [0.4, 0.5) is 20.4 Å². The Labute approximate surface area is 205 Å². The Kier molecular flexibility index (Phi) is 5.41. The number of aromatic nitrogens is 7. The molecular formula is C25H23F2N9. The zero-order valence-electron chi connectivity index (χ0n) is 19.7. The van der Waals surface area contributed by atoms with Crippen LogP contribution in [-0.2, 0) is 7.05 Å². The summed E-state index contributed by atoms with van der Waals surface area (Å²) in [5, 5.41) is 16.1. The van der Waals surface area contributed by atoms with Crippen LogP contribution in [0.3, 0.4) is 0 Å². The molecule has 9 nitrogen and oxygen atoms in total. The van der Waals surface area contributed by atoms with Crippen molar-refractivity contribution in [1.29, 1.82) is 0 Å². The molecule has 11 heteroatoms. The van der Waals surface area contributed by atoms with E-state index in [1.807, 2.05) is 49.2 Å². The van der Waals surface area contributed by atoms with Gasteiger partial charge < -0.3 is 10.2 Å². The minimum absolute atomic E-state index is 0.139. The van der Waals surface area contributed by atoms with Crippen molar-refractivity contribution in [2.75, 3.05) is 25.5 Å². The quantitative estimate of drug-likeness (QED) is 0.402. The van der Waals surface area contributed by atoms with Crippen molar-refractivity contribution in [2.45, 2.75) is 12.0 Å². The standard InChI is InChI=1S/C25H23F2N9/c1-34-13-19(18-5-4-16(26)10-20(18)27)24(14-34)36-23-6-3-15(9-22(23)32-33-36)21-7-8-28-25(31-21)30-17-11-29-35(2)12-17/h3-12,19,24H,13-14H2,1-2H3,(H,28,30,31)/t19-,24+/m0/s1. The third-order valence-corrected chi connectivity index (χ3v) is 6.53. The molecule has 36 heavy (non-hydrogen) atoms. The first-order valence-electron chi connectivity index (χ1n) is 11.5. The van der Waals surface area contributed by atoms with E-state index in [4.69, 9.17) is 0 Å². The van der Waals surface area contributed by atoms with Gasteiger partial charge in [0, 0.05) is 50.1 Å². The predicted octanol–water partition coefficient (Wildman–Crippen LogP) is 3.91. The summed E-state index contributed by atoms with van der Waals surface area (Å²) in [5.41, 5.74) is 4.44. The first kappa shape index (κ1) is 22.2. The van der Waals surface area contributed by atoms with Crippen LogP contribution in [-0.4, -0.2) is 59.8 Å². The number of hydrogen-bond donors (Lipinski definition) is 1. The highest BCUT2D eigenvalue weighted by Crippen LogP contribution is 2.38. The lowest BCUT2D eigenvalue weighted by Crippen LogP contribution is -2.19. The van der Waals surface area contributed by atoms with Crippen molar-refractivity contribution in [1.82, 2.24) is 39.6 Å². The summed E-state index contributed by atoms with van der Waals surface area (Å²) in [5.74, 6) is -0.835. The fraction of sp³-hybridized carbons (Fsp3) is 0.240. The van der Waals surface area contributed by atoms with Gasteiger partial charge in [0.25, 0.3) is 0 Å². The summed E-state index contributed by atoms with van der Waals surface area (Å²) >= 11 is 0. The minimum atomic E-state index is -0.582. The molecule has 182 valence electrons. The van der Waals surface area contributed by atoms with Crippen molar-refractivity contribution in [3.63, 3.8) is 0 Å². The molecule has 0 saturated carbocycles. The number of anilines is 2. The Morgan fingerprint density at radius 3 is 2.72 bits per heavy atom. The van der Waals surface area contributed by atoms with Crippen LogP contribution in [0.2, 0.25) is 0 Å². The fourth-order valence-corrected chi connectivity index (χ4v) is 4.87. The second-order valence-corrected chi connectivity index (χ2v) is 9.09. The van der Waals surface area contributed by atoms with Gasteiger partial charge in [-0.3, -0.25) is 4.68 Å². The zero-order valence-corrected chi connectivity index (χ0v) is 19.7. The highest BCUT2D eigenvalue weighted by molar-refractivity contribution is 5.81.